The maximum absolute atomic E-state index is 13.1. The molecule has 2 aliphatic heterocycles. The molecule has 0 radical (unpaired) electrons. The molecule has 0 saturated carbocycles. The van der Waals surface area contributed by atoms with Crippen molar-refractivity contribution < 1.29 is 48.9 Å². The third-order valence-corrected chi connectivity index (χ3v) is 10.1. The van der Waals surface area contributed by atoms with Crippen LogP contribution in [-0.4, -0.2) is 209 Å². The normalized spacial score (nSPS) is 17.8. The highest BCUT2D eigenvalue weighted by atomic mass is 16.4. The van der Waals surface area contributed by atoms with Gasteiger partial charge in [-0.3, -0.25) is 63.1 Å². The zero-order chi connectivity index (χ0) is 45.0. The van der Waals surface area contributed by atoms with E-state index >= 15 is 0 Å². The minimum atomic E-state index is -1.05. The van der Waals surface area contributed by atoms with E-state index in [9.17, 15) is 54.1 Å². The Hall–Kier alpha value is -6.61. The summed E-state index contributed by atoms with van der Waals surface area (Å²) in [5.74, 6) is 0.503. The van der Waals surface area contributed by atoms with Gasteiger partial charge in [-0.1, -0.05) is 0 Å². The minimum absolute atomic E-state index is 0.0566. The van der Waals surface area contributed by atoms with E-state index in [1.165, 1.54) is 17.2 Å². The van der Waals surface area contributed by atoms with E-state index in [4.69, 9.17) is 5.84 Å². The molecule has 8 N–H and O–H groups in total. The van der Waals surface area contributed by atoms with Crippen LogP contribution in [0.5, 0.6) is 0 Å². The number of aliphatic imine (C=N–C) groups is 1. The Labute approximate surface area is 357 Å². The molecule has 62 heavy (non-hydrogen) atoms. The van der Waals surface area contributed by atoms with E-state index in [1.807, 2.05) is 0 Å². The van der Waals surface area contributed by atoms with Crippen molar-refractivity contribution in [3.8, 4) is 6.07 Å². The van der Waals surface area contributed by atoms with Gasteiger partial charge in [0.2, 0.25) is 11.8 Å². The number of likely N-dealkylation sites (tertiary alicyclic amines) is 1. The van der Waals surface area contributed by atoms with Crippen LogP contribution in [0, 0.1) is 11.3 Å². The summed E-state index contributed by atoms with van der Waals surface area (Å²) in [7, 11) is 0. The zero-order valence-electron chi connectivity index (χ0n) is 34.3. The van der Waals surface area contributed by atoms with Crippen LogP contribution in [0.3, 0.4) is 0 Å². The number of nitriles is 1. The number of carbonyl (C=O) groups excluding carboxylic acids is 4. The average Bonchev–Trinajstić information content (AvgIpc) is 3.72. The smallest absolute Gasteiger partial charge is 0.317 e. The molecular weight excluding hydrogens is 811 g/mol. The summed E-state index contributed by atoms with van der Waals surface area (Å²) in [4.78, 5) is 103. The van der Waals surface area contributed by atoms with E-state index in [1.54, 1.807) is 37.8 Å². The first-order valence-electron chi connectivity index (χ1n) is 20.0. The van der Waals surface area contributed by atoms with Gasteiger partial charge in [0.05, 0.1) is 61.8 Å². The molecule has 1 aromatic carbocycles. The summed E-state index contributed by atoms with van der Waals surface area (Å²) in [5.41, 5.74) is 0.880. The molecule has 1 aromatic heterocycles. The maximum Gasteiger partial charge on any atom is 0.317 e. The topological polar surface area (TPSA) is 320 Å². The summed E-state index contributed by atoms with van der Waals surface area (Å²) in [6, 6.07) is 7.95. The minimum Gasteiger partial charge on any atom is -0.480 e. The fourth-order valence-electron chi connectivity index (χ4n) is 6.90. The standard InChI is InChI=1S/C39H53N13O10/c40-20-28-3-1-10-52(28)34(54)22-46-38(61)29-6-9-42-31-5-4-27(19-30(29)31)45-21-32(47-41)39(62)44-8-2-7-43-33(53)23-48-11-13-49(24-35(55)56)15-17-51(26-37(59)60)18-16-50(14-12-48)25-36(57)58/h4-6,9,19,21,28H,1-3,7-8,10-18,22-26,41H2,(H,43,53)(H,44,62)(H,46,61)(H,55,56)(H,57,58)(H,59,60)/b45-21?,47-32+/t28-/m0/s1. The first kappa shape index (κ1) is 48.1. The van der Waals surface area contributed by atoms with E-state index in [0.717, 1.165) is 12.6 Å². The molecular formula is C39H53N13O10. The average molecular weight is 864 g/mol. The second-order valence-corrected chi connectivity index (χ2v) is 14.6. The van der Waals surface area contributed by atoms with Gasteiger partial charge < -0.3 is 42.0 Å². The number of amides is 4. The van der Waals surface area contributed by atoms with Crippen LogP contribution in [0.15, 0.2) is 40.6 Å². The number of hydrazone groups is 1. The van der Waals surface area contributed by atoms with Crippen molar-refractivity contribution in [1.82, 2.24) is 45.4 Å². The summed E-state index contributed by atoms with van der Waals surface area (Å²) in [6.45, 7) is 1.77. The molecule has 23 nitrogen and oxygen atoms in total. The Morgan fingerprint density at radius 2 is 1.35 bits per heavy atom. The van der Waals surface area contributed by atoms with Crippen LogP contribution in [0.4, 0.5) is 5.69 Å². The number of pyridine rings is 1. The highest BCUT2D eigenvalue weighted by molar-refractivity contribution is 6.60. The largest absolute Gasteiger partial charge is 0.480 e. The molecule has 3 heterocycles. The predicted octanol–water partition coefficient (Wildman–Crippen LogP) is -2.41. The molecule has 23 heteroatoms. The lowest BCUT2D eigenvalue weighted by Crippen LogP contribution is -2.49. The van der Waals surface area contributed by atoms with Crippen molar-refractivity contribution in [2.24, 2.45) is 15.9 Å². The van der Waals surface area contributed by atoms with E-state index < -0.39 is 35.8 Å². The second kappa shape index (κ2) is 24.6. The van der Waals surface area contributed by atoms with Crippen molar-refractivity contribution in [3.05, 3.63) is 36.0 Å². The summed E-state index contributed by atoms with van der Waals surface area (Å²) in [6.07, 6.45) is 4.27. The molecule has 2 fully saturated rings. The van der Waals surface area contributed by atoms with Crippen molar-refractivity contribution in [3.63, 3.8) is 0 Å². The number of nitrogens with one attached hydrogen (secondary N) is 3. The van der Waals surface area contributed by atoms with Crippen molar-refractivity contribution in [2.45, 2.75) is 25.3 Å². The lowest BCUT2D eigenvalue weighted by Gasteiger charge is -2.32. The molecule has 0 spiro atoms. The SMILES string of the molecule is N#C[C@@H]1CCCN1C(=O)CNC(=O)c1ccnc2ccc(N=C/C(=N\N)C(=O)NCCCNC(=O)CN3CCN(CC(=O)O)CCN(CC(=O)O)CCN(CC(=O)O)CC3)cc12. The fraction of sp³-hybridized carbons (Fsp3) is 0.513. The zero-order valence-corrected chi connectivity index (χ0v) is 34.3. The number of carboxylic acids is 3. The lowest BCUT2D eigenvalue weighted by molar-refractivity contribution is -0.140. The van der Waals surface area contributed by atoms with Crippen LogP contribution in [-0.2, 0) is 28.8 Å². The van der Waals surface area contributed by atoms with Crippen LogP contribution in [0.25, 0.3) is 10.9 Å². The Kier molecular flexibility index (Phi) is 19.1. The summed E-state index contributed by atoms with van der Waals surface area (Å²) in [5, 5.41) is 49.6. The molecule has 0 aliphatic carbocycles. The molecule has 4 rings (SSSR count). The van der Waals surface area contributed by atoms with Crippen LogP contribution >= 0.6 is 0 Å². The van der Waals surface area contributed by atoms with Crippen LogP contribution in [0.2, 0.25) is 0 Å². The third kappa shape index (κ3) is 15.8. The number of rotatable bonds is 18. The Balaban J connectivity index is 1.26. The van der Waals surface area contributed by atoms with Gasteiger partial charge in [-0.2, -0.15) is 10.4 Å². The van der Waals surface area contributed by atoms with Gasteiger partial charge in [-0.25, -0.2) is 0 Å². The van der Waals surface area contributed by atoms with Gasteiger partial charge in [-0.05, 0) is 43.5 Å². The number of hydrogen-bond donors (Lipinski definition) is 7. The number of aliphatic carboxylic acids is 3. The van der Waals surface area contributed by atoms with Gasteiger partial charge in [0.1, 0.15) is 6.04 Å². The molecule has 2 saturated heterocycles. The number of fused-ring (bicyclic) bond motifs is 1. The second-order valence-electron chi connectivity index (χ2n) is 14.6. The van der Waals surface area contributed by atoms with E-state index in [0.29, 0.717) is 49.1 Å². The number of carboxylic acid groups (broad SMARTS) is 3. The quantitative estimate of drug-likeness (QED) is 0.0355. The van der Waals surface area contributed by atoms with Gasteiger partial charge >= 0.3 is 17.9 Å². The Bertz CT molecular complexity index is 2010. The molecule has 2 aromatic rings. The maximum atomic E-state index is 13.1. The number of hydrogen-bond acceptors (Lipinski definition) is 16. The Morgan fingerprint density at radius 1 is 0.790 bits per heavy atom. The van der Waals surface area contributed by atoms with Crippen LogP contribution < -0.4 is 21.8 Å². The number of nitrogens with two attached hydrogens (primary N) is 1. The number of aromatic nitrogens is 1. The first-order chi connectivity index (χ1) is 29.8. The van der Waals surface area contributed by atoms with Gasteiger partial charge in [0.15, 0.2) is 5.71 Å². The fourth-order valence-corrected chi connectivity index (χ4v) is 6.90. The molecule has 2 aliphatic rings. The molecule has 4 amide bonds. The van der Waals surface area contributed by atoms with Crippen LogP contribution in [0.1, 0.15) is 29.6 Å². The van der Waals surface area contributed by atoms with E-state index in [2.05, 4.69) is 37.1 Å². The molecule has 0 unspecified atom stereocenters. The highest BCUT2D eigenvalue weighted by Gasteiger charge is 2.29. The summed E-state index contributed by atoms with van der Waals surface area (Å²) < 4.78 is 0. The first-order valence-corrected chi connectivity index (χ1v) is 20.0. The number of benzene rings is 1. The van der Waals surface area contributed by atoms with Gasteiger partial charge in [-0.15, -0.1) is 0 Å². The lowest BCUT2D eigenvalue weighted by atomic mass is 10.1. The number of carbonyl (C=O) groups is 7. The third-order valence-electron chi connectivity index (χ3n) is 10.1. The molecule has 1 atom stereocenters. The molecule has 334 valence electrons. The van der Waals surface area contributed by atoms with Gasteiger partial charge in [0.25, 0.3) is 11.8 Å². The van der Waals surface area contributed by atoms with Crippen molar-refractivity contribution in [1.29, 1.82) is 5.26 Å². The highest BCUT2D eigenvalue weighted by Crippen LogP contribution is 2.23. The molecule has 0 bridgehead atoms. The Morgan fingerprint density at radius 3 is 1.90 bits per heavy atom. The number of nitrogens with zero attached hydrogens (tertiary/aromatic N) is 9. The van der Waals surface area contributed by atoms with Crippen molar-refractivity contribution in [2.75, 3.05) is 105 Å². The van der Waals surface area contributed by atoms with E-state index in [-0.39, 0.29) is 108 Å². The monoisotopic (exact) mass is 863 g/mol. The summed E-state index contributed by atoms with van der Waals surface area (Å²) >= 11 is 0. The van der Waals surface area contributed by atoms with Gasteiger partial charge in [0, 0.05) is 83.6 Å². The predicted molar refractivity (Wildman–Crippen MR) is 224 cm³/mol. The van der Waals surface area contributed by atoms with Crippen molar-refractivity contribution >= 4 is 70.1 Å².